The molecule has 1 fully saturated rings. The van der Waals surface area contributed by atoms with Gasteiger partial charge in [-0.3, -0.25) is 0 Å². The summed E-state index contributed by atoms with van der Waals surface area (Å²) in [7, 11) is 0. The number of hydrogen-bond acceptors (Lipinski definition) is 4. The quantitative estimate of drug-likeness (QED) is 0.758. The van der Waals surface area contributed by atoms with Crippen LogP contribution >= 0.6 is 23.5 Å². The molecule has 1 aliphatic heterocycles. The Labute approximate surface area is 97.8 Å². The predicted octanol–water partition coefficient (Wildman–Crippen LogP) is 2.54. The van der Waals surface area contributed by atoms with Gasteiger partial charge in [0.25, 0.3) is 0 Å². The highest BCUT2D eigenvalue weighted by molar-refractivity contribution is 8.21. The Morgan fingerprint density at radius 2 is 1.93 bits per heavy atom. The molecule has 0 spiro atoms. The molecule has 0 aromatic heterocycles. The maximum absolute atomic E-state index is 11.6. The van der Waals surface area contributed by atoms with E-state index in [2.05, 4.69) is 0 Å². The predicted molar refractivity (Wildman–Crippen MR) is 64.9 cm³/mol. The van der Waals surface area contributed by atoms with Crippen LogP contribution in [-0.4, -0.2) is 22.1 Å². The minimum Gasteiger partial charge on any atom is -0.459 e. The summed E-state index contributed by atoms with van der Waals surface area (Å²) in [4.78, 5) is 11.6. The summed E-state index contributed by atoms with van der Waals surface area (Å²) >= 11 is 3.35. The van der Waals surface area contributed by atoms with Crippen molar-refractivity contribution in [1.29, 1.82) is 0 Å². The Balaban J connectivity index is 1.80. The normalized spacial score (nSPS) is 16.5. The smallest absolute Gasteiger partial charge is 0.329 e. The summed E-state index contributed by atoms with van der Waals surface area (Å²) in [5.74, 6) is 2.01. The van der Waals surface area contributed by atoms with Crippen LogP contribution in [0.5, 0.6) is 0 Å². The van der Waals surface area contributed by atoms with E-state index in [1.165, 1.54) is 0 Å². The van der Waals surface area contributed by atoms with Gasteiger partial charge in [-0.15, -0.1) is 23.5 Å². The maximum Gasteiger partial charge on any atom is 0.329 e. The van der Waals surface area contributed by atoms with Gasteiger partial charge < -0.3 is 4.74 Å². The molecule has 0 N–H and O–H groups in total. The molecule has 0 bridgehead atoms. The number of carbonyl (C=O) groups excluding carboxylic acids is 1. The Morgan fingerprint density at radius 3 is 2.60 bits per heavy atom. The first kappa shape index (κ1) is 10.9. The monoisotopic (exact) mass is 240 g/mol. The van der Waals surface area contributed by atoms with Crippen LogP contribution in [0.4, 0.5) is 0 Å². The number of rotatable bonds is 3. The number of benzene rings is 1. The number of ether oxygens (including phenoxy) is 1. The molecular weight excluding hydrogens is 228 g/mol. The topological polar surface area (TPSA) is 26.3 Å². The van der Waals surface area contributed by atoms with E-state index < -0.39 is 0 Å². The summed E-state index contributed by atoms with van der Waals surface area (Å²) in [6, 6.07) is 9.77. The average Bonchev–Trinajstić information content (AvgIpc) is 2.81. The van der Waals surface area contributed by atoms with Crippen molar-refractivity contribution in [3.05, 3.63) is 35.9 Å². The summed E-state index contributed by atoms with van der Waals surface area (Å²) in [5.41, 5.74) is 1.04. The molecule has 0 atom stereocenters. The molecule has 0 saturated carbocycles. The van der Waals surface area contributed by atoms with Gasteiger partial charge in [-0.25, -0.2) is 4.79 Å². The van der Waals surface area contributed by atoms with E-state index in [-0.39, 0.29) is 10.6 Å². The maximum atomic E-state index is 11.6. The molecule has 80 valence electrons. The Bertz CT molecular complexity index is 321. The van der Waals surface area contributed by atoms with Crippen LogP contribution in [0.1, 0.15) is 5.56 Å². The number of carbonyl (C=O) groups is 1. The third kappa shape index (κ3) is 3.18. The Hall–Kier alpha value is -0.610. The molecule has 2 rings (SSSR count). The van der Waals surface area contributed by atoms with Crippen LogP contribution < -0.4 is 0 Å². The second kappa shape index (κ2) is 5.47. The molecule has 0 unspecified atom stereocenters. The summed E-state index contributed by atoms with van der Waals surface area (Å²) in [6.45, 7) is 0.386. The zero-order valence-corrected chi connectivity index (χ0v) is 9.85. The third-order valence-corrected chi connectivity index (χ3v) is 4.98. The molecular formula is C11H12O2S2. The van der Waals surface area contributed by atoms with E-state index in [9.17, 15) is 4.79 Å². The van der Waals surface area contributed by atoms with Crippen molar-refractivity contribution >= 4 is 29.5 Å². The van der Waals surface area contributed by atoms with Crippen LogP contribution in [-0.2, 0) is 16.1 Å². The third-order valence-electron chi connectivity index (χ3n) is 2.04. The lowest BCUT2D eigenvalue weighted by Gasteiger charge is -2.08. The first-order chi connectivity index (χ1) is 7.36. The number of esters is 1. The van der Waals surface area contributed by atoms with Crippen molar-refractivity contribution in [2.75, 3.05) is 11.5 Å². The molecule has 2 nitrogen and oxygen atoms in total. The van der Waals surface area contributed by atoms with Gasteiger partial charge in [0.15, 0.2) is 0 Å². The molecule has 0 radical (unpaired) electrons. The molecule has 0 aliphatic carbocycles. The van der Waals surface area contributed by atoms with Crippen molar-refractivity contribution in [3.8, 4) is 0 Å². The summed E-state index contributed by atoms with van der Waals surface area (Å²) in [6.07, 6.45) is 0. The van der Waals surface area contributed by atoms with Gasteiger partial charge in [0, 0.05) is 11.5 Å². The minimum atomic E-state index is -0.0913. The van der Waals surface area contributed by atoms with Crippen LogP contribution in [0, 0.1) is 0 Å². The summed E-state index contributed by atoms with van der Waals surface area (Å²) in [5, 5.41) is 0. The standard InChI is InChI=1S/C11H12O2S2/c12-10(11-14-6-7-15-11)13-8-9-4-2-1-3-5-9/h1-5,11H,6-8H2. The highest BCUT2D eigenvalue weighted by Gasteiger charge is 2.25. The van der Waals surface area contributed by atoms with E-state index >= 15 is 0 Å². The highest BCUT2D eigenvalue weighted by Crippen LogP contribution is 2.32. The first-order valence-corrected chi connectivity index (χ1v) is 6.90. The van der Waals surface area contributed by atoms with Gasteiger partial charge in [-0.05, 0) is 5.56 Å². The first-order valence-electron chi connectivity index (χ1n) is 4.80. The largest absolute Gasteiger partial charge is 0.459 e. The fourth-order valence-electron chi connectivity index (χ4n) is 1.29. The molecule has 1 aliphatic rings. The fourth-order valence-corrected chi connectivity index (χ4v) is 3.86. The van der Waals surface area contributed by atoms with Gasteiger partial charge in [0.05, 0.1) is 0 Å². The van der Waals surface area contributed by atoms with Crippen LogP contribution in [0.25, 0.3) is 0 Å². The molecule has 1 heterocycles. The molecule has 15 heavy (non-hydrogen) atoms. The Morgan fingerprint density at radius 1 is 1.27 bits per heavy atom. The second-order valence-electron chi connectivity index (χ2n) is 3.17. The van der Waals surface area contributed by atoms with Gasteiger partial charge in [0.1, 0.15) is 11.2 Å². The number of thioether (sulfide) groups is 2. The van der Waals surface area contributed by atoms with E-state index in [0.717, 1.165) is 17.1 Å². The summed E-state index contributed by atoms with van der Waals surface area (Å²) < 4.78 is 5.23. The van der Waals surface area contributed by atoms with E-state index in [0.29, 0.717) is 6.61 Å². The van der Waals surface area contributed by atoms with E-state index in [1.54, 1.807) is 23.5 Å². The van der Waals surface area contributed by atoms with Gasteiger partial charge in [-0.1, -0.05) is 30.3 Å². The van der Waals surface area contributed by atoms with Crippen molar-refractivity contribution < 1.29 is 9.53 Å². The van der Waals surface area contributed by atoms with Crippen LogP contribution in [0.3, 0.4) is 0 Å². The van der Waals surface area contributed by atoms with Crippen molar-refractivity contribution in [2.24, 2.45) is 0 Å². The van der Waals surface area contributed by atoms with Crippen LogP contribution in [0.15, 0.2) is 30.3 Å². The lowest BCUT2D eigenvalue weighted by Crippen LogP contribution is -2.14. The zero-order chi connectivity index (χ0) is 10.5. The second-order valence-corrected chi connectivity index (χ2v) is 5.89. The lowest BCUT2D eigenvalue weighted by atomic mass is 10.2. The minimum absolute atomic E-state index is 0.00582. The van der Waals surface area contributed by atoms with Crippen molar-refractivity contribution in [3.63, 3.8) is 0 Å². The lowest BCUT2D eigenvalue weighted by molar-refractivity contribution is -0.142. The van der Waals surface area contributed by atoms with Gasteiger partial charge in [0.2, 0.25) is 0 Å². The Kier molecular flexibility index (Phi) is 3.97. The van der Waals surface area contributed by atoms with Crippen molar-refractivity contribution in [2.45, 2.75) is 11.2 Å². The molecule has 1 saturated heterocycles. The van der Waals surface area contributed by atoms with E-state index in [4.69, 9.17) is 4.74 Å². The zero-order valence-electron chi connectivity index (χ0n) is 8.22. The highest BCUT2D eigenvalue weighted by atomic mass is 32.2. The molecule has 1 aromatic carbocycles. The fraction of sp³-hybridized carbons (Fsp3) is 0.364. The van der Waals surface area contributed by atoms with E-state index in [1.807, 2.05) is 30.3 Å². The van der Waals surface area contributed by atoms with Crippen molar-refractivity contribution in [1.82, 2.24) is 0 Å². The van der Waals surface area contributed by atoms with Gasteiger partial charge >= 0.3 is 5.97 Å². The molecule has 1 aromatic rings. The molecule has 0 amide bonds. The number of hydrogen-bond donors (Lipinski definition) is 0. The van der Waals surface area contributed by atoms with Gasteiger partial charge in [-0.2, -0.15) is 0 Å². The average molecular weight is 240 g/mol. The molecule has 4 heteroatoms. The SMILES string of the molecule is O=C(OCc1ccccc1)C1SCCS1. The van der Waals surface area contributed by atoms with Crippen LogP contribution in [0.2, 0.25) is 0 Å².